The monoisotopic (exact) mass is 255 g/mol. The number of ether oxygens (including phenoxy) is 1. The summed E-state index contributed by atoms with van der Waals surface area (Å²) in [7, 11) is 1.48. The van der Waals surface area contributed by atoms with E-state index in [1.54, 1.807) is 6.07 Å². The third kappa shape index (κ3) is 3.61. The fourth-order valence-corrected chi connectivity index (χ4v) is 3.24. The molecule has 2 nitrogen and oxygen atoms in total. The lowest BCUT2D eigenvalue weighted by molar-refractivity contribution is 0.386. The number of methoxy groups -OCH3 is 1. The summed E-state index contributed by atoms with van der Waals surface area (Å²) in [5.41, 5.74) is 0.964. The Balaban J connectivity index is 1.80. The Morgan fingerprint density at radius 2 is 2.41 bits per heavy atom. The van der Waals surface area contributed by atoms with Crippen molar-refractivity contribution in [1.29, 1.82) is 0 Å². The number of nitrogens with one attached hydrogen (secondary N) is 1. The van der Waals surface area contributed by atoms with E-state index in [4.69, 9.17) is 4.74 Å². The van der Waals surface area contributed by atoms with Crippen LogP contribution in [0, 0.1) is 5.82 Å². The van der Waals surface area contributed by atoms with Crippen LogP contribution in [0.5, 0.6) is 5.75 Å². The van der Waals surface area contributed by atoms with Crippen LogP contribution in [0.15, 0.2) is 18.2 Å². The van der Waals surface area contributed by atoms with E-state index in [9.17, 15) is 4.39 Å². The van der Waals surface area contributed by atoms with Gasteiger partial charge in [0.2, 0.25) is 0 Å². The number of hydrogen-bond acceptors (Lipinski definition) is 3. The summed E-state index contributed by atoms with van der Waals surface area (Å²) in [6.45, 7) is 1.73. The quantitative estimate of drug-likeness (QED) is 0.874. The second-order valence-electron chi connectivity index (χ2n) is 4.23. The summed E-state index contributed by atoms with van der Waals surface area (Å²) in [6, 6.07) is 5.11. The molecule has 1 atom stereocenters. The van der Waals surface area contributed by atoms with Crippen molar-refractivity contribution in [2.75, 3.05) is 19.4 Å². The molecule has 1 unspecified atom stereocenters. The number of benzene rings is 1. The third-order valence-electron chi connectivity index (χ3n) is 2.94. The average Bonchev–Trinajstić information content (AvgIpc) is 2.82. The maximum absolute atomic E-state index is 13.4. The Hall–Kier alpha value is -0.740. The Labute approximate surface area is 106 Å². The molecule has 0 amide bonds. The standard InChI is InChI=1S/C13H18FNOS/c1-16-13-5-4-10(7-12(13)14)8-15-9-11-3-2-6-17-11/h4-5,7,11,15H,2-3,6,8-9H2,1H3. The molecule has 0 saturated carbocycles. The largest absolute Gasteiger partial charge is 0.494 e. The Morgan fingerprint density at radius 1 is 1.53 bits per heavy atom. The van der Waals surface area contributed by atoms with Crippen LogP contribution in [0.4, 0.5) is 4.39 Å². The number of rotatable bonds is 5. The van der Waals surface area contributed by atoms with Crippen molar-refractivity contribution in [1.82, 2.24) is 5.32 Å². The van der Waals surface area contributed by atoms with Gasteiger partial charge in [-0.1, -0.05) is 6.07 Å². The Bertz CT molecular complexity index is 366. The minimum absolute atomic E-state index is 0.290. The molecule has 2 rings (SSSR count). The predicted molar refractivity (Wildman–Crippen MR) is 70.1 cm³/mol. The highest BCUT2D eigenvalue weighted by Crippen LogP contribution is 2.25. The van der Waals surface area contributed by atoms with Crippen molar-refractivity contribution in [2.24, 2.45) is 0 Å². The molecule has 1 aromatic carbocycles. The number of thioether (sulfide) groups is 1. The second-order valence-corrected chi connectivity index (χ2v) is 5.64. The smallest absolute Gasteiger partial charge is 0.165 e. The molecule has 1 fully saturated rings. The van der Waals surface area contributed by atoms with Gasteiger partial charge in [0, 0.05) is 18.3 Å². The lowest BCUT2D eigenvalue weighted by Gasteiger charge is -2.10. The number of hydrogen-bond donors (Lipinski definition) is 1. The summed E-state index contributed by atoms with van der Waals surface area (Å²) in [5, 5.41) is 4.11. The van der Waals surface area contributed by atoms with Gasteiger partial charge >= 0.3 is 0 Å². The van der Waals surface area contributed by atoms with Crippen LogP contribution < -0.4 is 10.1 Å². The third-order valence-corrected chi connectivity index (χ3v) is 4.34. The van der Waals surface area contributed by atoms with Crippen LogP contribution in [0.3, 0.4) is 0 Å². The second kappa shape index (κ2) is 6.26. The highest BCUT2D eigenvalue weighted by atomic mass is 32.2. The van der Waals surface area contributed by atoms with Gasteiger partial charge in [0.05, 0.1) is 7.11 Å². The first kappa shape index (κ1) is 12.7. The van der Waals surface area contributed by atoms with Gasteiger partial charge in [0.25, 0.3) is 0 Å². The minimum Gasteiger partial charge on any atom is -0.494 e. The van der Waals surface area contributed by atoms with Gasteiger partial charge in [-0.25, -0.2) is 4.39 Å². The molecule has 0 aromatic heterocycles. The normalized spacial score (nSPS) is 19.5. The molecule has 0 aliphatic carbocycles. The lowest BCUT2D eigenvalue weighted by atomic mass is 10.2. The van der Waals surface area contributed by atoms with Gasteiger partial charge < -0.3 is 10.1 Å². The van der Waals surface area contributed by atoms with Crippen molar-refractivity contribution < 1.29 is 9.13 Å². The highest BCUT2D eigenvalue weighted by Gasteiger charge is 2.14. The predicted octanol–water partition coefficient (Wildman–Crippen LogP) is 2.82. The van der Waals surface area contributed by atoms with E-state index in [2.05, 4.69) is 5.32 Å². The lowest BCUT2D eigenvalue weighted by Crippen LogP contribution is -2.22. The summed E-state index contributed by atoms with van der Waals surface area (Å²) < 4.78 is 18.3. The molecule has 1 N–H and O–H groups in total. The van der Waals surface area contributed by atoms with Gasteiger partial charge in [-0.2, -0.15) is 11.8 Å². The summed E-state index contributed by atoms with van der Waals surface area (Å²) in [5.74, 6) is 1.30. The topological polar surface area (TPSA) is 21.3 Å². The van der Waals surface area contributed by atoms with Crippen molar-refractivity contribution in [3.05, 3.63) is 29.6 Å². The molecule has 4 heteroatoms. The molecule has 1 heterocycles. The first-order valence-corrected chi connectivity index (χ1v) is 6.99. The van der Waals surface area contributed by atoms with Crippen molar-refractivity contribution in [2.45, 2.75) is 24.6 Å². The molecular weight excluding hydrogens is 237 g/mol. The van der Waals surface area contributed by atoms with Crippen molar-refractivity contribution >= 4 is 11.8 Å². The van der Waals surface area contributed by atoms with E-state index in [0.717, 1.165) is 23.9 Å². The molecule has 1 saturated heterocycles. The van der Waals surface area contributed by atoms with E-state index in [-0.39, 0.29) is 5.82 Å². The van der Waals surface area contributed by atoms with Crippen molar-refractivity contribution in [3.8, 4) is 5.75 Å². The van der Waals surface area contributed by atoms with E-state index in [0.29, 0.717) is 5.75 Å². The van der Waals surface area contributed by atoms with Gasteiger partial charge in [0.1, 0.15) is 0 Å². The zero-order valence-electron chi connectivity index (χ0n) is 10.0. The summed E-state index contributed by atoms with van der Waals surface area (Å²) in [6.07, 6.45) is 2.63. The van der Waals surface area contributed by atoms with Crippen LogP contribution >= 0.6 is 11.8 Å². The molecular formula is C13H18FNOS. The SMILES string of the molecule is COc1ccc(CNCC2CCCS2)cc1F. The zero-order valence-corrected chi connectivity index (χ0v) is 10.9. The van der Waals surface area contributed by atoms with Crippen LogP contribution in [0.2, 0.25) is 0 Å². The molecule has 0 bridgehead atoms. The maximum atomic E-state index is 13.4. The molecule has 17 heavy (non-hydrogen) atoms. The molecule has 1 aliphatic rings. The molecule has 94 valence electrons. The fraction of sp³-hybridized carbons (Fsp3) is 0.538. The Kier molecular flexibility index (Phi) is 4.68. The van der Waals surface area contributed by atoms with E-state index in [1.165, 1.54) is 31.8 Å². The van der Waals surface area contributed by atoms with E-state index >= 15 is 0 Å². The van der Waals surface area contributed by atoms with Crippen LogP contribution in [0.25, 0.3) is 0 Å². The van der Waals surface area contributed by atoms with E-state index in [1.807, 2.05) is 17.8 Å². The molecule has 0 radical (unpaired) electrons. The zero-order chi connectivity index (χ0) is 12.1. The first-order chi connectivity index (χ1) is 8.29. The molecule has 1 aromatic rings. The van der Waals surface area contributed by atoms with Gasteiger partial charge in [-0.05, 0) is 36.3 Å². The maximum Gasteiger partial charge on any atom is 0.165 e. The van der Waals surface area contributed by atoms with Gasteiger partial charge in [0.15, 0.2) is 11.6 Å². The van der Waals surface area contributed by atoms with Gasteiger partial charge in [-0.3, -0.25) is 0 Å². The van der Waals surface area contributed by atoms with Crippen molar-refractivity contribution in [3.63, 3.8) is 0 Å². The molecule has 0 spiro atoms. The highest BCUT2D eigenvalue weighted by molar-refractivity contribution is 8.00. The molecule has 1 aliphatic heterocycles. The average molecular weight is 255 g/mol. The fourth-order valence-electron chi connectivity index (χ4n) is 2.00. The number of halogens is 1. The van der Waals surface area contributed by atoms with Crippen LogP contribution in [-0.4, -0.2) is 24.7 Å². The summed E-state index contributed by atoms with van der Waals surface area (Å²) >= 11 is 2.03. The van der Waals surface area contributed by atoms with Crippen LogP contribution in [-0.2, 0) is 6.54 Å². The Morgan fingerprint density at radius 3 is 3.06 bits per heavy atom. The minimum atomic E-state index is -0.290. The van der Waals surface area contributed by atoms with Crippen LogP contribution in [0.1, 0.15) is 18.4 Å². The first-order valence-electron chi connectivity index (χ1n) is 5.94. The van der Waals surface area contributed by atoms with E-state index < -0.39 is 0 Å². The van der Waals surface area contributed by atoms with Gasteiger partial charge in [-0.15, -0.1) is 0 Å². The summed E-state index contributed by atoms with van der Waals surface area (Å²) in [4.78, 5) is 0.